The molecule has 132 valence electrons. The standard InChI is InChI=1S/C18H25ClN2O3/c1-2-24-17-12-21(11-16(17)22)18(23)14-10-13(6-7-15(14)19)20-8-4-3-5-9-20/h6-7,10,16-17,22H,2-5,8-9,11-12H2,1H3/t16-,17-/m0/s1. The normalized spacial score (nSPS) is 24.5. The highest BCUT2D eigenvalue weighted by molar-refractivity contribution is 6.34. The van der Waals surface area contributed by atoms with Gasteiger partial charge < -0.3 is 19.6 Å². The maximum atomic E-state index is 12.9. The van der Waals surface area contributed by atoms with E-state index in [-0.39, 0.29) is 18.6 Å². The summed E-state index contributed by atoms with van der Waals surface area (Å²) in [6, 6.07) is 5.66. The SMILES string of the molecule is CCO[C@H]1CN(C(=O)c2cc(N3CCCCC3)ccc2Cl)C[C@@H]1O. The van der Waals surface area contributed by atoms with Crippen molar-refractivity contribution in [2.45, 2.75) is 38.4 Å². The van der Waals surface area contributed by atoms with Gasteiger partial charge in [0.2, 0.25) is 0 Å². The number of halogens is 1. The molecular formula is C18H25ClN2O3. The minimum Gasteiger partial charge on any atom is -0.388 e. The predicted octanol–water partition coefficient (Wildman–Crippen LogP) is 2.55. The summed E-state index contributed by atoms with van der Waals surface area (Å²) < 4.78 is 5.50. The van der Waals surface area contributed by atoms with Crippen LogP contribution in [-0.4, -0.2) is 60.9 Å². The molecule has 24 heavy (non-hydrogen) atoms. The zero-order valence-corrected chi connectivity index (χ0v) is 14.8. The lowest BCUT2D eigenvalue weighted by Gasteiger charge is -2.29. The number of β-amino-alcohol motifs (C(OH)–C–C–N with tert-alkyl or cyclic N) is 1. The third-order valence-electron chi connectivity index (χ3n) is 4.81. The van der Waals surface area contributed by atoms with Crippen LogP contribution >= 0.6 is 11.6 Å². The number of amides is 1. The Kier molecular flexibility index (Phi) is 5.64. The fourth-order valence-electron chi connectivity index (χ4n) is 3.50. The number of nitrogens with zero attached hydrogens (tertiary/aromatic N) is 2. The summed E-state index contributed by atoms with van der Waals surface area (Å²) >= 11 is 6.28. The molecule has 1 amide bonds. The third-order valence-corrected chi connectivity index (χ3v) is 5.14. The second-order valence-electron chi connectivity index (χ2n) is 6.48. The van der Waals surface area contributed by atoms with Crippen molar-refractivity contribution in [3.63, 3.8) is 0 Å². The van der Waals surface area contributed by atoms with Crippen LogP contribution in [0.15, 0.2) is 18.2 Å². The summed E-state index contributed by atoms with van der Waals surface area (Å²) in [5.41, 5.74) is 1.55. The van der Waals surface area contributed by atoms with E-state index in [1.54, 1.807) is 11.0 Å². The minimum atomic E-state index is -0.641. The molecule has 0 saturated carbocycles. The molecule has 1 aromatic rings. The van der Waals surface area contributed by atoms with E-state index in [0.717, 1.165) is 18.8 Å². The predicted molar refractivity (Wildman–Crippen MR) is 94.8 cm³/mol. The summed E-state index contributed by atoms with van der Waals surface area (Å²) in [5.74, 6) is -0.139. The summed E-state index contributed by atoms with van der Waals surface area (Å²) in [6.45, 7) is 5.13. The van der Waals surface area contributed by atoms with Crippen LogP contribution in [0.25, 0.3) is 0 Å². The van der Waals surface area contributed by atoms with Crippen LogP contribution in [0, 0.1) is 0 Å². The molecule has 0 radical (unpaired) electrons. The van der Waals surface area contributed by atoms with Gasteiger partial charge >= 0.3 is 0 Å². The molecule has 0 unspecified atom stereocenters. The Hall–Kier alpha value is -1.30. The molecule has 0 aromatic heterocycles. The van der Waals surface area contributed by atoms with Gasteiger partial charge in [0, 0.05) is 38.5 Å². The topological polar surface area (TPSA) is 53.0 Å². The molecule has 1 aromatic carbocycles. The Morgan fingerprint density at radius 2 is 2.04 bits per heavy atom. The number of likely N-dealkylation sites (tertiary alicyclic amines) is 1. The molecule has 6 heteroatoms. The van der Waals surface area contributed by atoms with Crippen molar-refractivity contribution in [1.29, 1.82) is 0 Å². The molecule has 3 rings (SSSR count). The van der Waals surface area contributed by atoms with Crippen LogP contribution in [0.3, 0.4) is 0 Å². The number of carbonyl (C=O) groups excluding carboxylic acids is 1. The van der Waals surface area contributed by atoms with Crippen molar-refractivity contribution < 1.29 is 14.6 Å². The van der Waals surface area contributed by atoms with Crippen LogP contribution in [0.4, 0.5) is 5.69 Å². The Bertz CT molecular complexity index is 590. The molecule has 2 aliphatic heterocycles. The highest BCUT2D eigenvalue weighted by Gasteiger charge is 2.35. The highest BCUT2D eigenvalue weighted by atomic mass is 35.5. The molecule has 2 aliphatic rings. The van der Waals surface area contributed by atoms with Crippen molar-refractivity contribution >= 4 is 23.2 Å². The molecule has 5 nitrogen and oxygen atoms in total. The fraction of sp³-hybridized carbons (Fsp3) is 0.611. The average molecular weight is 353 g/mol. The van der Waals surface area contributed by atoms with Crippen molar-refractivity contribution in [2.24, 2.45) is 0 Å². The number of piperidine rings is 1. The molecule has 2 saturated heterocycles. The van der Waals surface area contributed by atoms with Gasteiger partial charge in [-0.2, -0.15) is 0 Å². The summed E-state index contributed by atoms with van der Waals surface area (Å²) in [6.07, 6.45) is 2.67. The van der Waals surface area contributed by atoms with E-state index in [1.807, 2.05) is 19.1 Å². The first-order valence-corrected chi connectivity index (χ1v) is 9.11. The lowest BCUT2D eigenvalue weighted by molar-refractivity contribution is -0.00237. The van der Waals surface area contributed by atoms with Gasteiger partial charge in [-0.3, -0.25) is 4.79 Å². The molecular weight excluding hydrogens is 328 g/mol. The zero-order chi connectivity index (χ0) is 17.1. The zero-order valence-electron chi connectivity index (χ0n) is 14.1. The lowest BCUT2D eigenvalue weighted by Crippen LogP contribution is -2.32. The number of anilines is 1. The van der Waals surface area contributed by atoms with E-state index in [1.165, 1.54) is 19.3 Å². The molecule has 1 N–H and O–H groups in total. The van der Waals surface area contributed by atoms with E-state index in [0.29, 0.717) is 23.7 Å². The number of hydrogen-bond acceptors (Lipinski definition) is 4. The minimum absolute atomic E-state index is 0.139. The maximum absolute atomic E-state index is 12.9. The number of benzene rings is 1. The van der Waals surface area contributed by atoms with Gasteiger partial charge in [0.15, 0.2) is 0 Å². The van der Waals surface area contributed by atoms with Crippen molar-refractivity contribution in [3.05, 3.63) is 28.8 Å². The molecule has 2 fully saturated rings. The van der Waals surface area contributed by atoms with Gasteiger partial charge in [-0.15, -0.1) is 0 Å². The van der Waals surface area contributed by atoms with Crippen LogP contribution < -0.4 is 4.90 Å². The average Bonchev–Trinajstić information content (AvgIpc) is 2.97. The number of rotatable bonds is 4. The number of ether oxygens (including phenoxy) is 1. The van der Waals surface area contributed by atoms with Crippen LogP contribution in [0.1, 0.15) is 36.5 Å². The molecule has 2 heterocycles. The van der Waals surface area contributed by atoms with E-state index in [2.05, 4.69) is 4.90 Å². The highest BCUT2D eigenvalue weighted by Crippen LogP contribution is 2.28. The Morgan fingerprint density at radius 3 is 2.75 bits per heavy atom. The van der Waals surface area contributed by atoms with E-state index < -0.39 is 6.10 Å². The van der Waals surface area contributed by atoms with Crippen LogP contribution in [-0.2, 0) is 4.74 Å². The summed E-state index contributed by atoms with van der Waals surface area (Å²) in [7, 11) is 0. The number of carbonyl (C=O) groups is 1. The third kappa shape index (κ3) is 3.68. The molecule has 0 aliphatic carbocycles. The lowest BCUT2D eigenvalue weighted by atomic mass is 10.1. The Morgan fingerprint density at radius 1 is 1.29 bits per heavy atom. The number of hydrogen-bond donors (Lipinski definition) is 1. The smallest absolute Gasteiger partial charge is 0.255 e. The largest absolute Gasteiger partial charge is 0.388 e. The first kappa shape index (κ1) is 17.5. The maximum Gasteiger partial charge on any atom is 0.255 e. The van der Waals surface area contributed by atoms with Crippen LogP contribution in [0.5, 0.6) is 0 Å². The Balaban J connectivity index is 1.77. The fourth-order valence-corrected chi connectivity index (χ4v) is 3.70. The summed E-state index contributed by atoms with van der Waals surface area (Å²) in [5, 5.41) is 10.5. The molecule has 0 spiro atoms. The Labute approximate surface area is 148 Å². The summed E-state index contributed by atoms with van der Waals surface area (Å²) in [4.78, 5) is 16.8. The number of aliphatic hydroxyl groups is 1. The van der Waals surface area contributed by atoms with Gasteiger partial charge in [-0.1, -0.05) is 11.6 Å². The van der Waals surface area contributed by atoms with Gasteiger partial charge in [-0.25, -0.2) is 0 Å². The number of aliphatic hydroxyl groups excluding tert-OH is 1. The van der Waals surface area contributed by atoms with E-state index in [9.17, 15) is 9.90 Å². The molecule has 2 atom stereocenters. The van der Waals surface area contributed by atoms with Gasteiger partial charge in [0.25, 0.3) is 5.91 Å². The van der Waals surface area contributed by atoms with E-state index in [4.69, 9.17) is 16.3 Å². The molecule has 0 bridgehead atoms. The van der Waals surface area contributed by atoms with Crippen LogP contribution in [0.2, 0.25) is 5.02 Å². The monoisotopic (exact) mass is 352 g/mol. The second kappa shape index (κ2) is 7.72. The van der Waals surface area contributed by atoms with Gasteiger partial charge in [0.1, 0.15) is 6.10 Å². The van der Waals surface area contributed by atoms with Gasteiger partial charge in [0.05, 0.1) is 16.7 Å². The first-order valence-electron chi connectivity index (χ1n) is 8.73. The van der Waals surface area contributed by atoms with Crippen molar-refractivity contribution in [2.75, 3.05) is 37.7 Å². The van der Waals surface area contributed by atoms with Crippen molar-refractivity contribution in [1.82, 2.24) is 4.90 Å². The van der Waals surface area contributed by atoms with Crippen molar-refractivity contribution in [3.8, 4) is 0 Å². The second-order valence-corrected chi connectivity index (χ2v) is 6.89. The van der Waals surface area contributed by atoms with E-state index >= 15 is 0 Å². The first-order chi connectivity index (χ1) is 11.6. The quantitative estimate of drug-likeness (QED) is 0.904. The van der Waals surface area contributed by atoms with Gasteiger partial charge in [-0.05, 0) is 44.4 Å².